The second kappa shape index (κ2) is 7.80. The molecule has 176 valence electrons. The van der Waals surface area contributed by atoms with Gasteiger partial charge < -0.3 is 14.2 Å². The van der Waals surface area contributed by atoms with Crippen molar-refractivity contribution in [1.82, 2.24) is 34.0 Å². The lowest BCUT2D eigenvalue weighted by molar-refractivity contribution is -0.135. The lowest BCUT2D eigenvalue weighted by Gasteiger charge is -2.32. The molecular weight excluding hydrogens is 430 g/mol. The molecule has 0 bridgehead atoms. The molecule has 5 heterocycles. The van der Waals surface area contributed by atoms with Crippen LogP contribution < -0.4 is 0 Å². The molecule has 0 aliphatic carbocycles. The smallest absolute Gasteiger partial charge is 0.245 e. The molecule has 0 radical (unpaired) electrons. The number of carbonyl (C=O) groups excluding carboxylic acids is 1. The maximum absolute atomic E-state index is 12.9. The summed E-state index contributed by atoms with van der Waals surface area (Å²) in [5, 5.41) is 10.2. The molecule has 2 aliphatic rings. The highest BCUT2D eigenvalue weighted by Gasteiger charge is 2.35. The summed E-state index contributed by atoms with van der Waals surface area (Å²) in [5.41, 5.74) is 6.05. The number of carbonyl (C=O) groups is 1. The Morgan fingerprint density at radius 1 is 1.06 bits per heavy atom. The minimum Gasteiger partial charge on any atom is -0.381 e. The summed E-state index contributed by atoms with van der Waals surface area (Å²) in [6.45, 7) is 4.01. The Kier molecular flexibility index (Phi) is 4.84. The van der Waals surface area contributed by atoms with E-state index in [1.54, 1.807) is 4.68 Å². The Morgan fingerprint density at radius 2 is 1.85 bits per heavy atom. The maximum Gasteiger partial charge on any atom is 0.245 e. The van der Waals surface area contributed by atoms with E-state index in [0.29, 0.717) is 12.5 Å². The fourth-order valence-electron chi connectivity index (χ4n) is 5.45. The highest BCUT2D eigenvalue weighted by Crippen LogP contribution is 2.39. The van der Waals surface area contributed by atoms with Crippen molar-refractivity contribution < 1.29 is 9.53 Å². The van der Waals surface area contributed by atoms with E-state index in [4.69, 9.17) is 14.8 Å². The number of rotatable bonds is 3. The van der Waals surface area contributed by atoms with Crippen molar-refractivity contribution in [2.75, 3.05) is 20.3 Å². The van der Waals surface area contributed by atoms with Gasteiger partial charge in [0.2, 0.25) is 5.91 Å². The molecule has 1 fully saturated rings. The first kappa shape index (κ1) is 21.1. The van der Waals surface area contributed by atoms with Crippen LogP contribution in [0.4, 0.5) is 0 Å². The molecule has 4 aromatic rings. The van der Waals surface area contributed by atoms with Gasteiger partial charge in [0.25, 0.3) is 0 Å². The molecule has 34 heavy (non-hydrogen) atoms. The Bertz CT molecular complexity index is 1410. The average Bonchev–Trinajstić information content (AvgIpc) is 3.53. The first-order valence-electron chi connectivity index (χ1n) is 11.8. The van der Waals surface area contributed by atoms with Gasteiger partial charge in [-0.2, -0.15) is 10.2 Å². The number of ether oxygens (including phenoxy) is 1. The predicted molar refractivity (Wildman–Crippen MR) is 128 cm³/mol. The summed E-state index contributed by atoms with van der Waals surface area (Å²) < 4.78 is 11.5. The third kappa shape index (κ3) is 3.18. The molecule has 1 amide bonds. The van der Waals surface area contributed by atoms with Gasteiger partial charge in [-0.1, -0.05) is 6.07 Å². The first-order chi connectivity index (χ1) is 16.4. The summed E-state index contributed by atoms with van der Waals surface area (Å²) in [6, 6.07) is 6.15. The van der Waals surface area contributed by atoms with E-state index < -0.39 is 0 Å². The van der Waals surface area contributed by atoms with Crippen LogP contribution in [0.15, 0.2) is 30.6 Å². The van der Waals surface area contributed by atoms with E-state index in [-0.39, 0.29) is 11.9 Å². The number of hydrogen-bond donors (Lipinski definition) is 0. The second-order valence-electron chi connectivity index (χ2n) is 9.50. The van der Waals surface area contributed by atoms with Crippen molar-refractivity contribution in [3.8, 4) is 22.5 Å². The van der Waals surface area contributed by atoms with Gasteiger partial charge in [0.05, 0.1) is 29.6 Å². The van der Waals surface area contributed by atoms with Gasteiger partial charge in [-0.25, -0.2) is 4.98 Å². The van der Waals surface area contributed by atoms with E-state index in [2.05, 4.69) is 27.9 Å². The van der Waals surface area contributed by atoms with Crippen LogP contribution in [-0.4, -0.2) is 60.2 Å². The number of aromatic nitrogens is 6. The van der Waals surface area contributed by atoms with Gasteiger partial charge >= 0.3 is 0 Å². The molecule has 0 N–H and O–H groups in total. The van der Waals surface area contributed by atoms with Crippen LogP contribution in [0.2, 0.25) is 0 Å². The minimum absolute atomic E-state index is 0.131. The molecule has 6 rings (SSSR count). The van der Waals surface area contributed by atoms with Crippen LogP contribution in [0, 0.1) is 0 Å². The topological polar surface area (TPSA) is 83.0 Å². The Morgan fingerprint density at radius 3 is 2.59 bits per heavy atom. The van der Waals surface area contributed by atoms with Crippen LogP contribution in [-0.2, 0) is 30.2 Å². The maximum atomic E-state index is 12.9. The monoisotopic (exact) mass is 459 g/mol. The van der Waals surface area contributed by atoms with E-state index in [0.717, 1.165) is 71.0 Å². The number of benzene rings is 1. The zero-order chi connectivity index (χ0) is 23.6. The van der Waals surface area contributed by atoms with Gasteiger partial charge in [-0.15, -0.1) is 0 Å². The van der Waals surface area contributed by atoms with Crippen molar-refractivity contribution in [2.45, 2.75) is 38.3 Å². The van der Waals surface area contributed by atoms with Crippen LogP contribution in [0.5, 0.6) is 0 Å². The van der Waals surface area contributed by atoms with Crippen molar-refractivity contribution in [3.05, 3.63) is 42.1 Å². The lowest BCUT2D eigenvalue weighted by atomic mass is 9.98. The summed E-state index contributed by atoms with van der Waals surface area (Å²) in [5.74, 6) is 1.44. The van der Waals surface area contributed by atoms with Crippen LogP contribution in [0.1, 0.15) is 43.2 Å². The molecule has 9 heteroatoms. The zero-order valence-electron chi connectivity index (χ0n) is 20.0. The van der Waals surface area contributed by atoms with Gasteiger partial charge in [-0.05, 0) is 31.9 Å². The molecule has 9 nitrogen and oxygen atoms in total. The van der Waals surface area contributed by atoms with E-state index in [1.165, 1.54) is 0 Å². The predicted octanol–water partition coefficient (Wildman–Crippen LogP) is 3.26. The molecule has 3 aromatic heterocycles. The Labute approximate surface area is 197 Å². The number of fused-ring (bicyclic) bond motifs is 2. The summed E-state index contributed by atoms with van der Waals surface area (Å²) >= 11 is 0. The minimum atomic E-state index is -0.263. The first-order valence-corrected chi connectivity index (χ1v) is 11.8. The van der Waals surface area contributed by atoms with E-state index in [9.17, 15) is 4.79 Å². The second-order valence-corrected chi connectivity index (χ2v) is 9.50. The standard InChI is InChI=1S/C25H29N7O2/c1-15-25(33)29(2)14-21-23(27-24(32(15)21)16-7-9-34-10-8-16)17-5-6-20-19(11-17)22(28-31(20)4)18-12-26-30(3)13-18/h5-6,11-13,15-16H,7-10,14H2,1-4H3/t15-/m0/s1. The van der Waals surface area contributed by atoms with Gasteiger partial charge in [-0.3, -0.25) is 14.2 Å². The molecule has 0 spiro atoms. The SMILES string of the molecule is C[C@H]1C(=O)N(C)Cc2c(-c3ccc4c(c3)c(-c3cnn(C)c3)nn4C)nc(C3CCOCC3)n21. The van der Waals surface area contributed by atoms with Crippen molar-refractivity contribution in [3.63, 3.8) is 0 Å². The zero-order valence-corrected chi connectivity index (χ0v) is 20.0. The molecule has 1 atom stereocenters. The fourth-order valence-corrected chi connectivity index (χ4v) is 5.45. The number of imidazole rings is 1. The van der Waals surface area contributed by atoms with Crippen LogP contribution >= 0.6 is 0 Å². The number of amides is 1. The van der Waals surface area contributed by atoms with Gasteiger partial charge in [0.1, 0.15) is 17.6 Å². The summed E-state index contributed by atoms with van der Waals surface area (Å²) in [4.78, 5) is 19.9. The molecule has 1 aromatic carbocycles. The van der Waals surface area contributed by atoms with E-state index >= 15 is 0 Å². The number of aryl methyl sites for hydroxylation is 2. The van der Waals surface area contributed by atoms with E-state index in [1.807, 2.05) is 50.0 Å². The Balaban J connectivity index is 1.54. The van der Waals surface area contributed by atoms with Gasteiger partial charge in [0.15, 0.2) is 0 Å². The van der Waals surface area contributed by atoms with Crippen LogP contribution in [0.3, 0.4) is 0 Å². The average molecular weight is 460 g/mol. The molecule has 2 aliphatic heterocycles. The molecule has 1 saturated heterocycles. The third-order valence-electron chi connectivity index (χ3n) is 7.23. The normalized spacial score (nSPS) is 19.2. The summed E-state index contributed by atoms with van der Waals surface area (Å²) in [6.07, 6.45) is 5.69. The Hall–Kier alpha value is -3.46. The fraction of sp³-hybridized carbons (Fsp3) is 0.440. The van der Waals surface area contributed by atoms with Gasteiger partial charge in [0, 0.05) is 63.0 Å². The van der Waals surface area contributed by atoms with Crippen molar-refractivity contribution >= 4 is 16.8 Å². The molecular formula is C25H29N7O2. The van der Waals surface area contributed by atoms with Crippen molar-refractivity contribution in [1.29, 1.82) is 0 Å². The lowest BCUT2D eigenvalue weighted by Crippen LogP contribution is -2.40. The largest absolute Gasteiger partial charge is 0.381 e. The van der Waals surface area contributed by atoms with Crippen LogP contribution in [0.25, 0.3) is 33.4 Å². The number of nitrogens with zero attached hydrogens (tertiary/aromatic N) is 7. The number of hydrogen-bond acceptors (Lipinski definition) is 5. The summed E-state index contributed by atoms with van der Waals surface area (Å²) in [7, 11) is 5.75. The van der Waals surface area contributed by atoms with Crippen molar-refractivity contribution in [2.24, 2.45) is 14.1 Å². The molecule has 0 saturated carbocycles. The quantitative estimate of drug-likeness (QED) is 0.470. The molecule has 0 unspecified atom stereocenters. The highest BCUT2D eigenvalue weighted by atomic mass is 16.5. The third-order valence-corrected chi connectivity index (χ3v) is 7.23. The highest BCUT2D eigenvalue weighted by molar-refractivity contribution is 5.96. The number of likely N-dealkylation sites (N-methyl/N-ethyl adjacent to an activating group) is 1.